The monoisotopic (exact) mass is 409 g/mol. The molecule has 1 saturated heterocycles. The summed E-state index contributed by atoms with van der Waals surface area (Å²) in [7, 11) is 0. The number of nitrogens with zero attached hydrogens (tertiary/aromatic N) is 3. The molecule has 29 heavy (non-hydrogen) atoms. The van der Waals surface area contributed by atoms with Crippen LogP contribution >= 0.6 is 11.3 Å². The van der Waals surface area contributed by atoms with Gasteiger partial charge in [-0.3, -0.25) is 14.5 Å². The average Bonchev–Trinajstić information content (AvgIpc) is 3.24. The minimum absolute atomic E-state index is 0.0710. The Morgan fingerprint density at radius 3 is 2.28 bits per heavy atom. The molecule has 1 unspecified atom stereocenters. The van der Waals surface area contributed by atoms with Crippen LogP contribution < -0.4 is 4.90 Å². The Morgan fingerprint density at radius 2 is 1.69 bits per heavy atom. The first-order valence-electron chi connectivity index (χ1n) is 8.80. The maximum Gasteiger partial charge on any atom is 0.301 e. The van der Waals surface area contributed by atoms with Gasteiger partial charge in [-0.2, -0.15) is 0 Å². The number of halogens is 1. The summed E-state index contributed by atoms with van der Waals surface area (Å²) in [5.74, 6) is -2.38. The topological polar surface area (TPSA) is 83.4 Å². The van der Waals surface area contributed by atoms with E-state index < -0.39 is 23.5 Å². The van der Waals surface area contributed by atoms with Crippen molar-refractivity contribution in [2.75, 3.05) is 4.90 Å². The fourth-order valence-electron chi connectivity index (χ4n) is 3.24. The zero-order valence-corrected chi connectivity index (χ0v) is 16.4. The molecule has 8 heteroatoms. The number of anilines is 1. The van der Waals surface area contributed by atoms with E-state index in [1.807, 2.05) is 6.92 Å². The average molecular weight is 409 g/mol. The Bertz CT molecular complexity index is 1140. The number of hydrogen-bond donors (Lipinski definition) is 1. The SMILES string of the molecule is Cc1ccc(/C(O)=C2\C(=O)C(=O)N(c3nnc(C)s3)C2c2ccc(F)cc2)cc1. The standard InChI is InChI=1S/C21H16FN3O3S/c1-11-3-5-14(6-4-11)18(26)16-17(13-7-9-15(22)10-8-13)25(20(28)19(16)27)21-24-23-12(2)29-21/h3-10,17,26H,1-2H3/b18-16+. The third kappa shape index (κ3) is 3.31. The normalized spacial score (nSPS) is 18.4. The molecule has 1 aromatic heterocycles. The smallest absolute Gasteiger partial charge is 0.301 e. The predicted octanol–water partition coefficient (Wildman–Crippen LogP) is 3.92. The van der Waals surface area contributed by atoms with Crippen LogP contribution in [0.5, 0.6) is 0 Å². The highest BCUT2D eigenvalue weighted by Gasteiger charge is 2.48. The van der Waals surface area contributed by atoms with Gasteiger partial charge in [0, 0.05) is 5.56 Å². The number of ketones is 1. The molecular weight excluding hydrogens is 393 g/mol. The maximum atomic E-state index is 13.5. The Morgan fingerprint density at radius 1 is 1.03 bits per heavy atom. The number of carbonyl (C=O) groups is 2. The lowest BCUT2D eigenvalue weighted by atomic mass is 9.95. The molecule has 0 aliphatic carbocycles. The lowest BCUT2D eigenvalue weighted by Crippen LogP contribution is -2.29. The second-order valence-electron chi connectivity index (χ2n) is 6.69. The van der Waals surface area contributed by atoms with E-state index in [1.165, 1.54) is 29.2 Å². The molecule has 1 aliphatic heterocycles. The number of hydrogen-bond acceptors (Lipinski definition) is 6. The van der Waals surface area contributed by atoms with Gasteiger partial charge in [-0.25, -0.2) is 4.39 Å². The molecule has 0 saturated carbocycles. The largest absolute Gasteiger partial charge is 0.507 e. The van der Waals surface area contributed by atoms with Crippen molar-refractivity contribution < 1.29 is 19.1 Å². The molecule has 1 N–H and O–H groups in total. The molecule has 6 nitrogen and oxygen atoms in total. The fraction of sp³-hybridized carbons (Fsp3) is 0.143. The number of aryl methyl sites for hydroxylation is 2. The molecule has 0 spiro atoms. The Balaban J connectivity index is 1.93. The van der Waals surface area contributed by atoms with Gasteiger partial charge >= 0.3 is 5.91 Å². The van der Waals surface area contributed by atoms with Crippen LogP contribution in [-0.2, 0) is 9.59 Å². The molecule has 0 bridgehead atoms. The fourth-order valence-corrected chi connectivity index (χ4v) is 3.95. The molecular formula is C21H16FN3O3S. The molecule has 2 heterocycles. The van der Waals surface area contributed by atoms with Crippen molar-refractivity contribution >= 4 is 33.9 Å². The number of rotatable bonds is 3. The minimum Gasteiger partial charge on any atom is -0.507 e. The van der Waals surface area contributed by atoms with Crippen LogP contribution in [0.4, 0.5) is 9.52 Å². The van der Waals surface area contributed by atoms with Crippen molar-refractivity contribution in [3.63, 3.8) is 0 Å². The van der Waals surface area contributed by atoms with Crippen molar-refractivity contribution in [1.82, 2.24) is 10.2 Å². The number of amides is 1. The highest BCUT2D eigenvalue weighted by atomic mass is 32.1. The lowest BCUT2D eigenvalue weighted by molar-refractivity contribution is -0.132. The van der Waals surface area contributed by atoms with E-state index in [2.05, 4.69) is 10.2 Å². The van der Waals surface area contributed by atoms with Crippen LogP contribution in [0.3, 0.4) is 0 Å². The number of carbonyl (C=O) groups excluding carboxylic acids is 2. The number of benzene rings is 2. The van der Waals surface area contributed by atoms with Crippen LogP contribution in [0.2, 0.25) is 0 Å². The molecule has 2 aromatic carbocycles. The number of aliphatic hydroxyl groups is 1. The van der Waals surface area contributed by atoms with Gasteiger partial charge in [-0.15, -0.1) is 10.2 Å². The van der Waals surface area contributed by atoms with E-state index in [1.54, 1.807) is 31.2 Å². The molecule has 1 amide bonds. The lowest BCUT2D eigenvalue weighted by Gasteiger charge is -2.22. The van der Waals surface area contributed by atoms with Gasteiger partial charge in [0.2, 0.25) is 5.13 Å². The first-order chi connectivity index (χ1) is 13.9. The minimum atomic E-state index is -0.941. The third-order valence-corrected chi connectivity index (χ3v) is 5.51. The van der Waals surface area contributed by atoms with Gasteiger partial charge in [-0.05, 0) is 31.5 Å². The molecule has 3 aromatic rings. The van der Waals surface area contributed by atoms with E-state index in [0.717, 1.165) is 16.9 Å². The summed E-state index contributed by atoms with van der Waals surface area (Å²) in [4.78, 5) is 27.0. The molecule has 4 rings (SSSR count). The summed E-state index contributed by atoms with van der Waals surface area (Å²) < 4.78 is 13.5. The summed E-state index contributed by atoms with van der Waals surface area (Å²) in [5.41, 5.74) is 1.81. The second-order valence-corrected chi connectivity index (χ2v) is 7.85. The zero-order chi connectivity index (χ0) is 20.7. The third-order valence-electron chi connectivity index (χ3n) is 4.68. The van der Waals surface area contributed by atoms with E-state index in [-0.39, 0.29) is 16.5 Å². The molecule has 1 atom stereocenters. The molecule has 1 fully saturated rings. The van der Waals surface area contributed by atoms with Crippen LogP contribution in [0.25, 0.3) is 5.76 Å². The van der Waals surface area contributed by atoms with E-state index in [4.69, 9.17) is 0 Å². The van der Waals surface area contributed by atoms with Crippen LogP contribution in [0, 0.1) is 19.7 Å². The first-order valence-corrected chi connectivity index (χ1v) is 9.62. The summed E-state index contributed by atoms with van der Waals surface area (Å²) in [5, 5.41) is 19.7. The van der Waals surface area contributed by atoms with Gasteiger partial charge in [0.15, 0.2) is 0 Å². The number of Topliss-reactive ketones (excluding diaryl/α,β-unsaturated/α-hetero) is 1. The predicted molar refractivity (Wildman–Crippen MR) is 107 cm³/mol. The van der Waals surface area contributed by atoms with E-state index in [0.29, 0.717) is 16.1 Å². The highest BCUT2D eigenvalue weighted by molar-refractivity contribution is 7.15. The van der Waals surface area contributed by atoms with Crippen LogP contribution in [0.15, 0.2) is 54.1 Å². The van der Waals surface area contributed by atoms with Crippen molar-refractivity contribution in [1.29, 1.82) is 0 Å². The van der Waals surface area contributed by atoms with Gasteiger partial charge in [-0.1, -0.05) is 53.3 Å². The summed E-state index contributed by atoms with van der Waals surface area (Å²) in [6.45, 7) is 3.63. The Labute approximate surface area is 169 Å². The van der Waals surface area contributed by atoms with Gasteiger partial charge < -0.3 is 5.11 Å². The van der Waals surface area contributed by atoms with E-state index in [9.17, 15) is 19.1 Å². The second kappa shape index (κ2) is 7.21. The first kappa shape index (κ1) is 18.9. The van der Waals surface area contributed by atoms with Crippen molar-refractivity contribution in [2.24, 2.45) is 0 Å². The number of aliphatic hydroxyl groups excluding tert-OH is 1. The summed E-state index contributed by atoms with van der Waals surface area (Å²) in [6, 6.07) is 11.5. The van der Waals surface area contributed by atoms with Gasteiger partial charge in [0.1, 0.15) is 16.6 Å². The van der Waals surface area contributed by atoms with Crippen molar-refractivity contribution in [2.45, 2.75) is 19.9 Å². The van der Waals surface area contributed by atoms with Crippen molar-refractivity contribution in [3.05, 3.63) is 81.6 Å². The van der Waals surface area contributed by atoms with Crippen LogP contribution in [-0.4, -0.2) is 27.0 Å². The van der Waals surface area contributed by atoms with Gasteiger partial charge in [0.25, 0.3) is 5.78 Å². The number of aromatic nitrogens is 2. The van der Waals surface area contributed by atoms with E-state index >= 15 is 0 Å². The Hall–Kier alpha value is -3.39. The summed E-state index contributed by atoms with van der Waals surface area (Å²) >= 11 is 1.16. The quantitative estimate of drug-likeness (QED) is 0.403. The van der Waals surface area contributed by atoms with Gasteiger partial charge in [0.05, 0.1) is 11.6 Å². The van der Waals surface area contributed by atoms with Crippen LogP contribution in [0.1, 0.15) is 27.7 Å². The zero-order valence-electron chi connectivity index (χ0n) is 15.6. The Kier molecular flexibility index (Phi) is 4.71. The summed E-state index contributed by atoms with van der Waals surface area (Å²) in [6.07, 6.45) is 0. The molecule has 0 radical (unpaired) electrons. The molecule has 1 aliphatic rings. The van der Waals surface area contributed by atoms with Crippen molar-refractivity contribution in [3.8, 4) is 0 Å². The highest BCUT2D eigenvalue weighted by Crippen LogP contribution is 2.42. The maximum absolute atomic E-state index is 13.5. The molecule has 146 valence electrons.